The van der Waals surface area contributed by atoms with Gasteiger partial charge in [0.25, 0.3) is 5.89 Å². The zero-order chi connectivity index (χ0) is 18.8. The Morgan fingerprint density at radius 3 is 2.93 bits per heavy atom. The highest BCUT2D eigenvalue weighted by atomic mass is 16.5. The Hall–Kier alpha value is -3.27. The van der Waals surface area contributed by atoms with Crippen molar-refractivity contribution in [2.75, 3.05) is 25.1 Å². The first-order chi connectivity index (χ1) is 13.1. The van der Waals surface area contributed by atoms with Gasteiger partial charge >= 0.3 is 5.91 Å². The van der Waals surface area contributed by atoms with E-state index in [1.165, 1.54) is 6.26 Å². The number of oxazole rings is 1. The fourth-order valence-electron chi connectivity index (χ4n) is 2.57. The molecule has 1 aliphatic rings. The lowest BCUT2D eigenvalue weighted by Crippen LogP contribution is -2.39. The molecular formula is C17H19N7O3. The van der Waals surface area contributed by atoms with Gasteiger partial charge in [-0.2, -0.15) is 5.10 Å². The zero-order valence-corrected chi connectivity index (χ0v) is 15.0. The Morgan fingerprint density at radius 1 is 1.37 bits per heavy atom. The third-order valence-corrected chi connectivity index (χ3v) is 4.23. The van der Waals surface area contributed by atoms with E-state index in [2.05, 4.69) is 30.7 Å². The van der Waals surface area contributed by atoms with Gasteiger partial charge in [0.1, 0.15) is 23.5 Å². The Kier molecular flexibility index (Phi) is 4.55. The first-order valence-electron chi connectivity index (χ1n) is 8.50. The number of nitrogens with one attached hydrogen (secondary N) is 2. The third kappa shape index (κ3) is 3.65. The van der Waals surface area contributed by atoms with Gasteiger partial charge in [0.15, 0.2) is 0 Å². The Morgan fingerprint density at radius 2 is 2.22 bits per heavy atom. The first-order valence-corrected chi connectivity index (χ1v) is 8.50. The van der Waals surface area contributed by atoms with Gasteiger partial charge in [-0.25, -0.2) is 15.0 Å². The second-order valence-electron chi connectivity index (χ2n) is 6.34. The van der Waals surface area contributed by atoms with Crippen LogP contribution >= 0.6 is 0 Å². The Bertz CT molecular complexity index is 961. The normalized spacial score (nSPS) is 14.0. The molecule has 1 saturated heterocycles. The summed E-state index contributed by atoms with van der Waals surface area (Å²) in [5.41, 5.74) is 1.88. The minimum absolute atomic E-state index is 0.00407. The predicted octanol–water partition coefficient (Wildman–Crippen LogP) is 1.29. The molecule has 27 heavy (non-hydrogen) atoms. The number of hydrogen-bond donors (Lipinski definition) is 2. The molecule has 0 radical (unpaired) electrons. The average Bonchev–Trinajstić information content (AvgIpc) is 3.25. The molecule has 1 fully saturated rings. The molecular weight excluding hydrogens is 350 g/mol. The van der Waals surface area contributed by atoms with Crippen LogP contribution in [0.4, 0.5) is 11.8 Å². The number of carbonyl (C=O) groups is 1. The summed E-state index contributed by atoms with van der Waals surface area (Å²) in [4.78, 5) is 25.2. The minimum atomic E-state index is -0.354. The molecule has 3 aromatic rings. The van der Waals surface area contributed by atoms with Crippen LogP contribution in [-0.2, 0) is 11.8 Å². The van der Waals surface area contributed by atoms with Crippen LogP contribution in [0, 0.1) is 12.8 Å². The van der Waals surface area contributed by atoms with Gasteiger partial charge in [0.2, 0.25) is 5.95 Å². The maximum Gasteiger partial charge on any atom is 0.307 e. The van der Waals surface area contributed by atoms with Gasteiger partial charge in [0, 0.05) is 31.8 Å². The number of ether oxygens (including phenoxy) is 1. The van der Waals surface area contributed by atoms with E-state index >= 15 is 0 Å². The fourth-order valence-corrected chi connectivity index (χ4v) is 2.57. The molecule has 0 unspecified atom stereocenters. The van der Waals surface area contributed by atoms with Crippen molar-refractivity contribution in [3.63, 3.8) is 0 Å². The summed E-state index contributed by atoms with van der Waals surface area (Å²) in [7, 11) is 1.82. The number of aromatic nitrogens is 5. The van der Waals surface area contributed by atoms with Crippen LogP contribution in [0.2, 0.25) is 0 Å². The first kappa shape index (κ1) is 17.2. The van der Waals surface area contributed by atoms with E-state index in [1.807, 2.05) is 20.0 Å². The van der Waals surface area contributed by atoms with Crippen molar-refractivity contribution in [1.29, 1.82) is 0 Å². The van der Waals surface area contributed by atoms with Gasteiger partial charge in [-0.3, -0.25) is 9.48 Å². The molecule has 140 valence electrons. The third-order valence-electron chi connectivity index (χ3n) is 4.23. The van der Waals surface area contributed by atoms with Crippen molar-refractivity contribution < 1.29 is 13.9 Å². The summed E-state index contributed by atoms with van der Waals surface area (Å²) < 4.78 is 12.1. The molecule has 0 bridgehead atoms. The molecule has 0 aromatic carbocycles. The van der Waals surface area contributed by atoms with Gasteiger partial charge in [0.05, 0.1) is 19.4 Å². The van der Waals surface area contributed by atoms with Gasteiger partial charge in [-0.15, -0.1) is 0 Å². The van der Waals surface area contributed by atoms with Crippen LogP contribution in [-0.4, -0.2) is 50.4 Å². The van der Waals surface area contributed by atoms with E-state index in [1.54, 1.807) is 17.1 Å². The summed E-state index contributed by atoms with van der Waals surface area (Å²) in [6.45, 7) is 3.75. The van der Waals surface area contributed by atoms with E-state index in [0.717, 1.165) is 11.4 Å². The van der Waals surface area contributed by atoms with E-state index in [-0.39, 0.29) is 11.8 Å². The summed E-state index contributed by atoms with van der Waals surface area (Å²) in [5.74, 6) is 1.16. The molecule has 0 atom stereocenters. The number of rotatable bonds is 6. The van der Waals surface area contributed by atoms with E-state index < -0.39 is 0 Å². The van der Waals surface area contributed by atoms with E-state index in [9.17, 15) is 4.79 Å². The van der Waals surface area contributed by atoms with Crippen LogP contribution in [0.1, 0.15) is 16.2 Å². The lowest BCUT2D eigenvalue weighted by molar-refractivity contribution is -0.0299. The molecule has 0 spiro atoms. The molecule has 4 heterocycles. The van der Waals surface area contributed by atoms with Crippen LogP contribution in [0.25, 0.3) is 11.4 Å². The van der Waals surface area contributed by atoms with Crippen LogP contribution in [0.5, 0.6) is 0 Å². The predicted molar refractivity (Wildman–Crippen MR) is 95.4 cm³/mol. The van der Waals surface area contributed by atoms with Crippen molar-refractivity contribution in [2.45, 2.75) is 6.92 Å². The van der Waals surface area contributed by atoms with Crippen LogP contribution < -0.4 is 10.6 Å². The summed E-state index contributed by atoms with van der Waals surface area (Å²) >= 11 is 0. The molecule has 10 heteroatoms. The number of hydrogen-bond acceptors (Lipinski definition) is 8. The lowest BCUT2D eigenvalue weighted by Gasteiger charge is -2.25. The average molecular weight is 369 g/mol. The Labute approximate surface area is 155 Å². The van der Waals surface area contributed by atoms with Gasteiger partial charge in [-0.05, 0) is 12.5 Å². The number of amides is 1. The lowest BCUT2D eigenvalue weighted by atomic mass is 10.1. The number of carbonyl (C=O) groups excluding carboxylic acids is 1. The molecule has 10 nitrogen and oxygen atoms in total. The summed E-state index contributed by atoms with van der Waals surface area (Å²) in [6, 6.07) is 1.81. The number of nitrogens with zero attached hydrogens (tertiary/aromatic N) is 5. The highest BCUT2D eigenvalue weighted by Crippen LogP contribution is 2.22. The molecule has 0 saturated carbocycles. The molecule has 1 aliphatic heterocycles. The summed E-state index contributed by atoms with van der Waals surface area (Å²) in [6.07, 6.45) is 4.78. The molecule has 0 aliphatic carbocycles. The molecule has 4 rings (SSSR count). The molecule has 3 aromatic heterocycles. The van der Waals surface area contributed by atoms with Crippen molar-refractivity contribution in [1.82, 2.24) is 30.0 Å². The zero-order valence-electron chi connectivity index (χ0n) is 15.0. The SMILES string of the molecule is Cc1cnc(Nc2ccnn2C)nc1-c1coc(C(=O)NCC2COC2)n1. The molecule has 1 amide bonds. The topological polar surface area (TPSA) is 120 Å². The summed E-state index contributed by atoms with van der Waals surface area (Å²) in [5, 5.41) is 9.98. The van der Waals surface area contributed by atoms with E-state index in [4.69, 9.17) is 9.15 Å². The number of anilines is 2. The second-order valence-corrected chi connectivity index (χ2v) is 6.34. The van der Waals surface area contributed by atoms with E-state index in [0.29, 0.717) is 43.0 Å². The highest BCUT2D eigenvalue weighted by molar-refractivity contribution is 5.90. The maximum atomic E-state index is 12.2. The van der Waals surface area contributed by atoms with Crippen molar-refractivity contribution in [3.8, 4) is 11.4 Å². The highest BCUT2D eigenvalue weighted by Gasteiger charge is 2.21. The van der Waals surface area contributed by atoms with Crippen molar-refractivity contribution in [3.05, 3.63) is 36.2 Å². The molecule has 2 N–H and O–H groups in total. The fraction of sp³-hybridized carbons (Fsp3) is 0.353. The minimum Gasteiger partial charge on any atom is -0.440 e. The van der Waals surface area contributed by atoms with Crippen molar-refractivity contribution in [2.24, 2.45) is 13.0 Å². The van der Waals surface area contributed by atoms with Crippen LogP contribution in [0.3, 0.4) is 0 Å². The van der Waals surface area contributed by atoms with Crippen molar-refractivity contribution >= 4 is 17.7 Å². The maximum absolute atomic E-state index is 12.2. The standard InChI is InChI=1S/C17H19N7O3/c1-10-5-19-17(22-13-3-4-20-24(13)2)23-14(10)12-9-27-16(21-12)15(25)18-6-11-7-26-8-11/h3-5,9,11H,6-8H2,1-2H3,(H,18,25)(H,19,22,23). The monoisotopic (exact) mass is 369 g/mol. The second kappa shape index (κ2) is 7.16. The largest absolute Gasteiger partial charge is 0.440 e. The Balaban J connectivity index is 1.50. The van der Waals surface area contributed by atoms with Gasteiger partial charge in [-0.1, -0.05) is 0 Å². The van der Waals surface area contributed by atoms with Gasteiger partial charge < -0.3 is 19.8 Å². The number of aryl methyl sites for hydroxylation is 2. The quantitative estimate of drug-likeness (QED) is 0.667. The smallest absolute Gasteiger partial charge is 0.307 e. The van der Waals surface area contributed by atoms with Crippen LogP contribution in [0.15, 0.2) is 29.1 Å².